The first-order chi connectivity index (χ1) is 14.6. The Hall–Kier alpha value is -2.33. The van der Waals surface area contributed by atoms with Gasteiger partial charge in [-0.1, -0.05) is 42.5 Å². The highest BCUT2D eigenvalue weighted by molar-refractivity contribution is 5.74. The van der Waals surface area contributed by atoms with Crippen molar-refractivity contribution in [2.24, 2.45) is 5.92 Å². The lowest BCUT2D eigenvalue weighted by Gasteiger charge is -2.52. The van der Waals surface area contributed by atoms with Gasteiger partial charge in [-0.15, -0.1) is 0 Å². The highest BCUT2D eigenvalue weighted by Crippen LogP contribution is 2.43. The zero-order valence-corrected chi connectivity index (χ0v) is 18.2. The highest BCUT2D eigenvalue weighted by Gasteiger charge is 2.44. The predicted molar refractivity (Wildman–Crippen MR) is 120 cm³/mol. The number of urea groups is 1. The van der Waals surface area contributed by atoms with Crippen LogP contribution in [0.4, 0.5) is 4.79 Å². The number of nitrogens with one attached hydrogen (secondary N) is 1. The van der Waals surface area contributed by atoms with Crippen LogP contribution in [0.25, 0.3) is 0 Å². The Labute approximate surface area is 180 Å². The van der Waals surface area contributed by atoms with Crippen molar-refractivity contribution in [3.05, 3.63) is 70.3 Å². The Morgan fingerprint density at radius 2 is 1.90 bits per heavy atom. The number of hydrogen-bond acceptors (Lipinski definition) is 2. The Bertz CT molecular complexity index is 925. The van der Waals surface area contributed by atoms with Gasteiger partial charge < -0.3 is 10.2 Å². The summed E-state index contributed by atoms with van der Waals surface area (Å²) in [7, 11) is 0. The minimum Gasteiger partial charge on any atom is -0.334 e. The number of piperidine rings is 2. The normalized spacial score (nSPS) is 25.8. The molecule has 3 heterocycles. The molecule has 3 atom stereocenters. The van der Waals surface area contributed by atoms with Crippen LogP contribution in [-0.4, -0.2) is 41.5 Å². The summed E-state index contributed by atoms with van der Waals surface area (Å²) in [6.45, 7) is 8.22. The molecule has 2 saturated heterocycles. The van der Waals surface area contributed by atoms with Crippen LogP contribution >= 0.6 is 0 Å². The maximum atomic E-state index is 13.1. The third kappa shape index (κ3) is 3.62. The Morgan fingerprint density at radius 3 is 2.73 bits per heavy atom. The molecule has 5 rings (SSSR count). The van der Waals surface area contributed by atoms with Crippen LogP contribution in [0.3, 0.4) is 0 Å². The standard InChI is InChI=1S/C26H33N3O/c1-18-13-21-10-12-28-17-22-9-6-11-29(24(22)15-25(28)23(21)14-19(18)2)26(30)27-16-20-7-4-3-5-8-20/h3-5,7-8,13-14,22,24-25H,6,9-12,15-17H2,1-2H3,(H,27,30). The number of carbonyl (C=O) groups is 1. The third-order valence-electron chi connectivity index (χ3n) is 7.62. The molecule has 0 spiro atoms. The quantitative estimate of drug-likeness (QED) is 0.796. The molecule has 30 heavy (non-hydrogen) atoms. The first-order valence-corrected chi connectivity index (χ1v) is 11.5. The first kappa shape index (κ1) is 19.6. The van der Waals surface area contributed by atoms with Crippen LogP contribution in [0.5, 0.6) is 0 Å². The van der Waals surface area contributed by atoms with Crippen LogP contribution < -0.4 is 5.32 Å². The fourth-order valence-electron chi connectivity index (χ4n) is 5.86. The summed E-state index contributed by atoms with van der Waals surface area (Å²) in [6.07, 6.45) is 4.59. The first-order valence-electron chi connectivity index (χ1n) is 11.5. The molecule has 0 saturated carbocycles. The topological polar surface area (TPSA) is 35.6 Å². The van der Waals surface area contributed by atoms with Crippen LogP contribution in [0.15, 0.2) is 42.5 Å². The van der Waals surface area contributed by atoms with E-state index in [1.807, 2.05) is 18.2 Å². The molecule has 2 fully saturated rings. The van der Waals surface area contributed by atoms with Crippen LogP contribution in [0.1, 0.15) is 53.1 Å². The number of nitrogens with zero attached hydrogens (tertiary/aromatic N) is 2. The molecule has 2 amide bonds. The van der Waals surface area contributed by atoms with Crippen molar-refractivity contribution < 1.29 is 4.79 Å². The van der Waals surface area contributed by atoms with E-state index in [0.717, 1.165) is 44.5 Å². The maximum Gasteiger partial charge on any atom is 0.317 e. The van der Waals surface area contributed by atoms with Gasteiger partial charge in [0.05, 0.1) is 0 Å². The number of amides is 2. The second kappa shape index (κ2) is 8.07. The SMILES string of the molecule is Cc1cc2c(cc1C)C1CC3C(CCCN3C(=O)NCc3ccccc3)CN1CC2. The molecule has 0 radical (unpaired) electrons. The molecule has 2 aromatic rings. The smallest absolute Gasteiger partial charge is 0.317 e. The molecular formula is C26H33N3O. The van der Waals surface area contributed by atoms with Gasteiger partial charge in [-0.3, -0.25) is 4.90 Å². The van der Waals surface area contributed by atoms with E-state index in [1.165, 1.54) is 28.7 Å². The van der Waals surface area contributed by atoms with E-state index in [0.29, 0.717) is 24.5 Å². The van der Waals surface area contributed by atoms with Crippen LogP contribution in [-0.2, 0) is 13.0 Å². The Balaban J connectivity index is 1.34. The van der Waals surface area contributed by atoms with E-state index in [-0.39, 0.29) is 6.03 Å². The molecule has 2 aromatic carbocycles. The maximum absolute atomic E-state index is 13.1. The molecular weight excluding hydrogens is 370 g/mol. The summed E-state index contributed by atoms with van der Waals surface area (Å²) in [5.74, 6) is 0.602. The number of rotatable bonds is 2. The number of benzene rings is 2. The Morgan fingerprint density at radius 1 is 1.10 bits per heavy atom. The summed E-state index contributed by atoms with van der Waals surface area (Å²) < 4.78 is 0. The van der Waals surface area contributed by atoms with Gasteiger partial charge in [-0.2, -0.15) is 0 Å². The van der Waals surface area contributed by atoms with Crippen LogP contribution in [0, 0.1) is 19.8 Å². The van der Waals surface area contributed by atoms with Crippen molar-refractivity contribution in [3.63, 3.8) is 0 Å². The van der Waals surface area contributed by atoms with Gasteiger partial charge in [-0.05, 0) is 73.3 Å². The zero-order valence-electron chi connectivity index (χ0n) is 18.2. The summed E-state index contributed by atoms with van der Waals surface area (Å²) in [6, 6.07) is 15.9. The van der Waals surface area contributed by atoms with Crippen LogP contribution in [0.2, 0.25) is 0 Å². The summed E-state index contributed by atoms with van der Waals surface area (Å²) in [5, 5.41) is 3.18. The fourth-order valence-corrected chi connectivity index (χ4v) is 5.86. The van der Waals surface area contributed by atoms with E-state index < -0.39 is 0 Å². The summed E-state index contributed by atoms with van der Waals surface area (Å²) >= 11 is 0. The molecule has 3 aliphatic rings. The largest absolute Gasteiger partial charge is 0.334 e. The molecule has 0 bridgehead atoms. The van der Waals surface area contributed by atoms with Crippen molar-refractivity contribution in [1.29, 1.82) is 0 Å². The zero-order chi connectivity index (χ0) is 20.7. The van der Waals surface area contributed by atoms with E-state index in [4.69, 9.17) is 0 Å². The lowest BCUT2D eigenvalue weighted by molar-refractivity contribution is 0.00565. The Kier molecular flexibility index (Phi) is 5.28. The van der Waals surface area contributed by atoms with E-state index in [9.17, 15) is 4.79 Å². The minimum atomic E-state index is 0.109. The monoisotopic (exact) mass is 403 g/mol. The van der Waals surface area contributed by atoms with Gasteiger partial charge in [0.25, 0.3) is 0 Å². The molecule has 3 unspecified atom stereocenters. The minimum absolute atomic E-state index is 0.109. The molecule has 4 heteroatoms. The molecule has 3 aliphatic heterocycles. The molecule has 158 valence electrons. The van der Waals surface area contributed by atoms with Gasteiger partial charge in [0, 0.05) is 38.3 Å². The number of fused-ring (bicyclic) bond motifs is 4. The number of carbonyl (C=O) groups excluding carboxylic acids is 1. The fraction of sp³-hybridized carbons (Fsp3) is 0.500. The average molecular weight is 404 g/mol. The van der Waals surface area contributed by atoms with Crippen molar-refractivity contribution in [2.45, 2.75) is 58.2 Å². The van der Waals surface area contributed by atoms with E-state index >= 15 is 0 Å². The average Bonchev–Trinajstić information content (AvgIpc) is 2.77. The van der Waals surface area contributed by atoms with Crippen molar-refractivity contribution in [1.82, 2.24) is 15.1 Å². The number of hydrogen-bond donors (Lipinski definition) is 1. The molecule has 1 N–H and O–H groups in total. The predicted octanol–water partition coefficient (Wildman–Crippen LogP) is 4.60. The second-order valence-electron chi connectivity index (χ2n) is 9.44. The van der Waals surface area contributed by atoms with Gasteiger partial charge in [0.15, 0.2) is 0 Å². The van der Waals surface area contributed by atoms with Gasteiger partial charge in [-0.25, -0.2) is 4.79 Å². The molecule has 0 aliphatic carbocycles. The van der Waals surface area contributed by atoms with Crippen molar-refractivity contribution >= 4 is 6.03 Å². The van der Waals surface area contributed by atoms with E-state index in [2.05, 4.69) is 53.2 Å². The summed E-state index contributed by atoms with van der Waals surface area (Å²) in [5.41, 5.74) is 6.97. The highest BCUT2D eigenvalue weighted by atomic mass is 16.2. The molecule has 0 aromatic heterocycles. The summed E-state index contributed by atoms with van der Waals surface area (Å²) in [4.78, 5) is 18.0. The van der Waals surface area contributed by atoms with Gasteiger partial charge >= 0.3 is 6.03 Å². The second-order valence-corrected chi connectivity index (χ2v) is 9.44. The number of likely N-dealkylation sites (tertiary alicyclic amines) is 1. The van der Waals surface area contributed by atoms with Crippen molar-refractivity contribution in [3.8, 4) is 0 Å². The lowest BCUT2D eigenvalue weighted by Crippen LogP contribution is -2.59. The van der Waals surface area contributed by atoms with E-state index in [1.54, 1.807) is 0 Å². The van der Waals surface area contributed by atoms with Gasteiger partial charge in [0.2, 0.25) is 0 Å². The number of aryl methyl sites for hydroxylation is 2. The van der Waals surface area contributed by atoms with Crippen molar-refractivity contribution in [2.75, 3.05) is 19.6 Å². The lowest BCUT2D eigenvalue weighted by atomic mass is 9.76. The third-order valence-corrected chi connectivity index (χ3v) is 7.62. The molecule has 4 nitrogen and oxygen atoms in total. The van der Waals surface area contributed by atoms with Gasteiger partial charge in [0.1, 0.15) is 0 Å².